The number of rotatable bonds is 6. The molecule has 0 saturated carbocycles. The second-order valence-electron chi connectivity index (χ2n) is 6.13. The summed E-state index contributed by atoms with van der Waals surface area (Å²) in [6.45, 7) is 2.71. The quantitative estimate of drug-likeness (QED) is 0.484. The maximum atomic E-state index is 12.9. The molecular weight excluding hydrogens is 388 g/mol. The third-order valence-electron chi connectivity index (χ3n) is 4.19. The predicted molar refractivity (Wildman–Crippen MR) is 113 cm³/mol. The Hall–Kier alpha value is -2.90. The van der Waals surface area contributed by atoms with Crippen LogP contribution in [0.5, 0.6) is 0 Å². The van der Waals surface area contributed by atoms with Crippen molar-refractivity contribution in [3.05, 3.63) is 88.4 Å². The number of benzene rings is 1. The van der Waals surface area contributed by atoms with Gasteiger partial charge >= 0.3 is 0 Å². The van der Waals surface area contributed by atoms with Gasteiger partial charge in [-0.25, -0.2) is 9.67 Å². The molecule has 0 bridgehead atoms. The van der Waals surface area contributed by atoms with Crippen LogP contribution < -0.4 is 5.32 Å². The van der Waals surface area contributed by atoms with Gasteiger partial charge < -0.3 is 5.32 Å². The maximum Gasteiger partial charge on any atom is 0.259 e. The number of aromatic nitrogens is 3. The van der Waals surface area contributed by atoms with Gasteiger partial charge in [0.05, 0.1) is 18.3 Å². The van der Waals surface area contributed by atoms with Crippen molar-refractivity contribution in [2.45, 2.75) is 23.4 Å². The highest BCUT2D eigenvalue weighted by molar-refractivity contribution is 7.99. The Kier molecular flexibility index (Phi) is 5.55. The van der Waals surface area contributed by atoms with Gasteiger partial charge in [0, 0.05) is 22.0 Å². The number of anilines is 1. The predicted octanol–water partition coefficient (Wildman–Crippen LogP) is 5.10. The first-order valence-corrected chi connectivity index (χ1v) is 10.4. The lowest BCUT2D eigenvalue weighted by Gasteiger charge is -2.11. The summed E-state index contributed by atoms with van der Waals surface area (Å²) in [6.07, 6.45) is 3.40. The van der Waals surface area contributed by atoms with E-state index in [1.165, 1.54) is 22.2 Å². The second-order valence-corrected chi connectivity index (χ2v) is 8.19. The Labute approximate surface area is 171 Å². The molecule has 1 aromatic carbocycles. The summed E-state index contributed by atoms with van der Waals surface area (Å²) in [6, 6.07) is 17.4. The molecule has 1 N–H and O–H groups in total. The first kappa shape index (κ1) is 18.5. The third kappa shape index (κ3) is 4.16. The van der Waals surface area contributed by atoms with E-state index in [1.807, 2.05) is 30.3 Å². The number of nitrogens with one attached hydrogen (secondary N) is 1. The van der Waals surface area contributed by atoms with E-state index < -0.39 is 0 Å². The zero-order chi connectivity index (χ0) is 19.3. The van der Waals surface area contributed by atoms with Crippen LogP contribution in [0.3, 0.4) is 0 Å². The molecule has 3 heterocycles. The van der Waals surface area contributed by atoms with Gasteiger partial charge in [-0.1, -0.05) is 30.0 Å². The van der Waals surface area contributed by atoms with E-state index in [1.54, 1.807) is 46.6 Å². The first-order chi connectivity index (χ1) is 13.7. The van der Waals surface area contributed by atoms with Gasteiger partial charge in [-0.05, 0) is 48.2 Å². The summed E-state index contributed by atoms with van der Waals surface area (Å²) < 4.78 is 1.80. The number of hydrogen-bond acceptors (Lipinski definition) is 5. The van der Waals surface area contributed by atoms with Crippen molar-refractivity contribution in [2.75, 3.05) is 5.32 Å². The van der Waals surface area contributed by atoms with Crippen molar-refractivity contribution < 1.29 is 4.79 Å². The summed E-state index contributed by atoms with van der Waals surface area (Å²) in [4.78, 5) is 19.6. The average Bonchev–Trinajstić information content (AvgIpc) is 3.32. The van der Waals surface area contributed by atoms with Crippen LogP contribution in [0.15, 0.2) is 82.3 Å². The van der Waals surface area contributed by atoms with E-state index in [-0.39, 0.29) is 5.91 Å². The topological polar surface area (TPSA) is 59.8 Å². The second kappa shape index (κ2) is 8.41. The fourth-order valence-corrected chi connectivity index (χ4v) is 4.48. The molecule has 0 aliphatic rings. The molecule has 28 heavy (non-hydrogen) atoms. The largest absolute Gasteiger partial charge is 0.307 e. The maximum absolute atomic E-state index is 12.9. The van der Waals surface area contributed by atoms with Gasteiger partial charge in [-0.15, -0.1) is 11.3 Å². The van der Waals surface area contributed by atoms with Gasteiger partial charge in [0.25, 0.3) is 5.91 Å². The van der Waals surface area contributed by atoms with Gasteiger partial charge in [0.2, 0.25) is 0 Å². The summed E-state index contributed by atoms with van der Waals surface area (Å²) in [7, 11) is 0. The lowest BCUT2D eigenvalue weighted by Crippen LogP contribution is -2.17. The fraction of sp³-hybridized carbons (Fsp3) is 0.0952. The van der Waals surface area contributed by atoms with E-state index in [0.717, 1.165) is 4.90 Å². The molecule has 7 heteroatoms. The molecule has 4 rings (SSSR count). The Balaban J connectivity index is 1.54. The number of hydrogen-bond donors (Lipinski definition) is 1. The molecule has 0 saturated heterocycles. The summed E-state index contributed by atoms with van der Waals surface area (Å²) in [5.74, 6) is 0.466. The highest BCUT2D eigenvalue weighted by atomic mass is 32.2. The molecule has 0 spiro atoms. The Morgan fingerprint density at radius 1 is 1.11 bits per heavy atom. The van der Waals surface area contributed by atoms with Gasteiger partial charge in [-0.3, -0.25) is 4.79 Å². The highest BCUT2D eigenvalue weighted by Crippen LogP contribution is 2.29. The monoisotopic (exact) mass is 406 g/mol. The van der Waals surface area contributed by atoms with Crippen molar-refractivity contribution >= 4 is 34.8 Å². The Morgan fingerprint density at radius 2 is 1.96 bits per heavy atom. The van der Waals surface area contributed by atoms with Crippen LogP contribution in [-0.4, -0.2) is 20.7 Å². The van der Waals surface area contributed by atoms with E-state index in [9.17, 15) is 4.79 Å². The molecule has 5 nitrogen and oxygen atoms in total. The zero-order valence-corrected chi connectivity index (χ0v) is 16.8. The molecule has 0 fully saturated rings. The number of pyridine rings is 1. The van der Waals surface area contributed by atoms with E-state index in [4.69, 9.17) is 0 Å². The number of thiophene rings is 1. The minimum atomic E-state index is -0.198. The summed E-state index contributed by atoms with van der Waals surface area (Å²) in [5.41, 5.74) is 1.77. The molecular formula is C21H18N4OS2. The van der Waals surface area contributed by atoms with Crippen molar-refractivity contribution in [1.82, 2.24) is 14.8 Å². The number of aryl methyl sites for hydroxylation is 1. The van der Waals surface area contributed by atoms with Gasteiger partial charge in [0.1, 0.15) is 10.8 Å². The number of carbonyl (C=O) groups excluding carboxylic acids is 1. The van der Waals surface area contributed by atoms with Crippen LogP contribution in [0.1, 0.15) is 20.8 Å². The summed E-state index contributed by atoms with van der Waals surface area (Å²) in [5, 5.41) is 10.1. The van der Waals surface area contributed by atoms with Crippen LogP contribution in [0, 0.1) is 6.92 Å². The third-order valence-corrected chi connectivity index (χ3v) is 6.23. The van der Waals surface area contributed by atoms with Crippen molar-refractivity contribution in [3.8, 4) is 0 Å². The molecule has 140 valence electrons. The normalized spacial score (nSPS) is 10.8. The lowest BCUT2D eigenvalue weighted by atomic mass is 10.2. The van der Waals surface area contributed by atoms with Gasteiger partial charge in [0.15, 0.2) is 0 Å². The Bertz CT molecular complexity index is 1090. The van der Waals surface area contributed by atoms with Crippen molar-refractivity contribution in [1.29, 1.82) is 0 Å². The van der Waals surface area contributed by atoms with Crippen LogP contribution in [0.25, 0.3) is 0 Å². The minimum Gasteiger partial charge on any atom is -0.307 e. The van der Waals surface area contributed by atoms with Gasteiger partial charge in [-0.2, -0.15) is 5.10 Å². The van der Waals surface area contributed by atoms with Crippen LogP contribution in [-0.2, 0) is 6.54 Å². The number of carbonyl (C=O) groups is 1. The zero-order valence-electron chi connectivity index (χ0n) is 15.2. The molecule has 0 radical (unpaired) electrons. The van der Waals surface area contributed by atoms with E-state index in [2.05, 4.69) is 33.8 Å². The highest BCUT2D eigenvalue weighted by Gasteiger charge is 2.16. The van der Waals surface area contributed by atoms with Crippen molar-refractivity contribution in [2.24, 2.45) is 0 Å². The molecule has 0 aliphatic carbocycles. The Morgan fingerprint density at radius 3 is 2.75 bits per heavy atom. The van der Waals surface area contributed by atoms with Crippen molar-refractivity contribution in [3.63, 3.8) is 0 Å². The molecule has 0 unspecified atom stereocenters. The SMILES string of the molecule is Cc1ccsc1Cn1nccc1NC(=O)c1cccnc1Sc1ccccc1. The van der Waals surface area contributed by atoms with E-state index >= 15 is 0 Å². The number of amides is 1. The minimum absolute atomic E-state index is 0.198. The molecule has 0 aliphatic heterocycles. The molecule has 3 aromatic heterocycles. The summed E-state index contributed by atoms with van der Waals surface area (Å²) >= 11 is 3.16. The molecule has 4 aromatic rings. The average molecular weight is 407 g/mol. The molecule has 0 atom stereocenters. The smallest absolute Gasteiger partial charge is 0.259 e. The van der Waals surface area contributed by atoms with Crippen LogP contribution in [0.2, 0.25) is 0 Å². The van der Waals surface area contributed by atoms with E-state index in [0.29, 0.717) is 23.0 Å². The number of nitrogens with zero attached hydrogens (tertiary/aromatic N) is 3. The molecule has 1 amide bonds. The standard InChI is InChI=1S/C21H18N4OS2/c1-15-10-13-27-18(15)14-25-19(9-12-23-25)24-20(26)17-8-5-11-22-21(17)28-16-6-3-2-4-7-16/h2-13H,14H2,1H3,(H,24,26). The fourth-order valence-electron chi connectivity index (χ4n) is 2.70. The lowest BCUT2D eigenvalue weighted by molar-refractivity contribution is 0.102. The van der Waals surface area contributed by atoms with Crippen LogP contribution in [0.4, 0.5) is 5.82 Å². The van der Waals surface area contributed by atoms with Crippen LogP contribution >= 0.6 is 23.1 Å². The first-order valence-electron chi connectivity index (χ1n) is 8.75.